The summed E-state index contributed by atoms with van der Waals surface area (Å²) in [7, 11) is 1.63. The molecular weight excluding hydrogens is 360 g/mol. The molecule has 0 aliphatic carbocycles. The van der Waals surface area contributed by atoms with Gasteiger partial charge in [0.1, 0.15) is 5.75 Å². The molecule has 0 aromatic heterocycles. The second-order valence-electron chi connectivity index (χ2n) is 5.76. The first-order valence-corrected chi connectivity index (χ1v) is 9.08. The lowest BCUT2D eigenvalue weighted by Gasteiger charge is -2.12. The van der Waals surface area contributed by atoms with Crippen molar-refractivity contribution < 1.29 is 14.6 Å². The van der Waals surface area contributed by atoms with Crippen LogP contribution in [0.1, 0.15) is 6.42 Å². The van der Waals surface area contributed by atoms with Gasteiger partial charge >= 0.3 is 0 Å². The van der Waals surface area contributed by atoms with Crippen LogP contribution in [0.15, 0.2) is 52.3 Å². The molecule has 1 fully saturated rings. The van der Waals surface area contributed by atoms with Crippen molar-refractivity contribution in [1.82, 2.24) is 5.32 Å². The Bertz CT molecular complexity index is 754. The van der Waals surface area contributed by atoms with Crippen molar-refractivity contribution in [2.24, 2.45) is 0 Å². The predicted octanol–water partition coefficient (Wildman–Crippen LogP) is 3.16. The van der Waals surface area contributed by atoms with Crippen LogP contribution < -0.4 is 15.4 Å². The van der Waals surface area contributed by atoms with Crippen molar-refractivity contribution in [2.75, 3.05) is 19.0 Å². The first kappa shape index (κ1) is 18.1. The summed E-state index contributed by atoms with van der Waals surface area (Å²) in [6, 6.07) is 12.8. The number of hydrogen-bond donors (Lipinski definition) is 3. The summed E-state index contributed by atoms with van der Waals surface area (Å²) in [6.45, 7) is 0.441. The number of benzene rings is 2. The molecule has 1 aliphatic heterocycles. The third kappa shape index (κ3) is 4.67. The SMILES string of the molecule is COc1ccc(Sc2ccc(NC(=O)C3CC(O)CN3)cc2Cl)cc1. The number of hydrogen-bond acceptors (Lipinski definition) is 5. The zero-order chi connectivity index (χ0) is 17.8. The highest BCUT2D eigenvalue weighted by atomic mass is 35.5. The zero-order valence-corrected chi connectivity index (χ0v) is 15.2. The molecule has 2 unspecified atom stereocenters. The molecule has 1 saturated heterocycles. The molecule has 5 nitrogen and oxygen atoms in total. The lowest BCUT2D eigenvalue weighted by Crippen LogP contribution is -2.35. The van der Waals surface area contributed by atoms with Gasteiger partial charge in [-0.15, -0.1) is 0 Å². The van der Waals surface area contributed by atoms with Gasteiger partial charge in [0.2, 0.25) is 5.91 Å². The topological polar surface area (TPSA) is 70.6 Å². The Hall–Kier alpha value is -1.73. The van der Waals surface area contributed by atoms with E-state index in [9.17, 15) is 9.90 Å². The van der Waals surface area contributed by atoms with Gasteiger partial charge in [0, 0.05) is 22.0 Å². The molecule has 3 N–H and O–H groups in total. The molecule has 25 heavy (non-hydrogen) atoms. The molecule has 1 heterocycles. The molecule has 0 spiro atoms. The summed E-state index contributed by atoms with van der Waals surface area (Å²) in [5.74, 6) is 0.641. The fourth-order valence-corrected chi connectivity index (χ4v) is 3.69. The predicted molar refractivity (Wildman–Crippen MR) is 99.6 cm³/mol. The third-order valence-electron chi connectivity index (χ3n) is 3.91. The molecule has 0 radical (unpaired) electrons. The number of nitrogens with one attached hydrogen (secondary N) is 2. The molecule has 3 rings (SSSR count). The minimum Gasteiger partial charge on any atom is -0.497 e. The van der Waals surface area contributed by atoms with Crippen molar-refractivity contribution in [3.63, 3.8) is 0 Å². The van der Waals surface area contributed by atoms with Crippen LogP contribution in [0.25, 0.3) is 0 Å². The standard InChI is InChI=1S/C18H19ClN2O3S/c1-24-13-3-5-14(6-4-13)25-17-7-2-11(8-15(17)19)21-18(23)16-9-12(22)10-20-16/h2-8,12,16,20,22H,9-10H2,1H3,(H,21,23). The molecule has 7 heteroatoms. The molecule has 0 saturated carbocycles. The summed E-state index contributed by atoms with van der Waals surface area (Å²) >= 11 is 7.89. The summed E-state index contributed by atoms with van der Waals surface area (Å²) in [5, 5.41) is 15.9. The first-order chi connectivity index (χ1) is 12.0. The van der Waals surface area contributed by atoms with E-state index in [0.29, 0.717) is 23.7 Å². The zero-order valence-electron chi connectivity index (χ0n) is 13.7. The van der Waals surface area contributed by atoms with Crippen LogP contribution in [0.5, 0.6) is 5.75 Å². The fraction of sp³-hybridized carbons (Fsp3) is 0.278. The average Bonchev–Trinajstić information content (AvgIpc) is 3.04. The largest absolute Gasteiger partial charge is 0.497 e. The number of halogens is 1. The lowest BCUT2D eigenvalue weighted by atomic mass is 10.2. The monoisotopic (exact) mass is 378 g/mol. The summed E-state index contributed by atoms with van der Waals surface area (Å²) in [4.78, 5) is 14.1. The third-order valence-corrected chi connectivity index (χ3v) is 5.42. The van der Waals surface area contributed by atoms with E-state index in [1.165, 1.54) is 0 Å². The quantitative estimate of drug-likeness (QED) is 0.745. The van der Waals surface area contributed by atoms with E-state index in [1.54, 1.807) is 24.9 Å². The van der Waals surface area contributed by atoms with Crippen molar-refractivity contribution >= 4 is 35.0 Å². The molecule has 1 aliphatic rings. The van der Waals surface area contributed by atoms with Gasteiger partial charge in [-0.25, -0.2) is 0 Å². The minimum atomic E-state index is -0.470. The van der Waals surface area contributed by atoms with Crippen LogP contribution in [0.3, 0.4) is 0 Å². The van der Waals surface area contributed by atoms with E-state index in [-0.39, 0.29) is 11.9 Å². The Kier molecular flexibility index (Phi) is 5.86. The number of aliphatic hydroxyl groups excluding tert-OH is 1. The Labute approximate surface area is 155 Å². The highest BCUT2D eigenvalue weighted by molar-refractivity contribution is 7.99. The Morgan fingerprint density at radius 2 is 2.08 bits per heavy atom. The van der Waals surface area contributed by atoms with E-state index in [0.717, 1.165) is 15.5 Å². The molecule has 2 aromatic rings. The van der Waals surface area contributed by atoms with Crippen LogP contribution in [0.4, 0.5) is 5.69 Å². The number of anilines is 1. The maximum Gasteiger partial charge on any atom is 0.241 e. The van der Waals surface area contributed by atoms with Gasteiger partial charge in [-0.2, -0.15) is 0 Å². The van der Waals surface area contributed by atoms with Gasteiger partial charge in [0.15, 0.2) is 0 Å². The maximum atomic E-state index is 12.2. The number of rotatable bonds is 5. The Morgan fingerprint density at radius 3 is 2.68 bits per heavy atom. The van der Waals surface area contributed by atoms with Gasteiger partial charge in [0.05, 0.1) is 24.3 Å². The lowest BCUT2D eigenvalue weighted by molar-refractivity contribution is -0.117. The second kappa shape index (κ2) is 8.10. The number of amides is 1. The molecule has 132 valence electrons. The first-order valence-electron chi connectivity index (χ1n) is 7.89. The van der Waals surface area contributed by atoms with Gasteiger partial charge in [-0.05, 0) is 48.9 Å². The van der Waals surface area contributed by atoms with Gasteiger partial charge < -0.3 is 20.5 Å². The van der Waals surface area contributed by atoms with Gasteiger partial charge in [0.25, 0.3) is 0 Å². The number of aliphatic hydroxyl groups is 1. The van der Waals surface area contributed by atoms with Crippen LogP contribution in [-0.2, 0) is 4.79 Å². The average molecular weight is 379 g/mol. The van der Waals surface area contributed by atoms with Crippen LogP contribution >= 0.6 is 23.4 Å². The summed E-state index contributed by atoms with van der Waals surface area (Å²) in [5.41, 5.74) is 0.636. The number of methoxy groups -OCH3 is 1. The molecule has 1 amide bonds. The van der Waals surface area contributed by atoms with Crippen LogP contribution in [0.2, 0.25) is 5.02 Å². The maximum absolute atomic E-state index is 12.2. The van der Waals surface area contributed by atoms with Crippen LogP contribution in [-0.4, -0.2) is 36.8 Å². The fourth-order valence-electron chi connectivity index (χ4n) is 2.58. The summed E-state index contributed by atoms with van der Waals surface area (Å²) < 4.78 is 5.15. The summed E-state index contributed by atoms with van der Waals surface area (Å²) in [6.07, 6.45) is -0.0482. The van der Waals surface area contributed by atoms with Crippen molar-refractivity contribution in [1.29, 1.82) is 0 Å². The van der Waals surface area contributed by atoms with E-state index in [1.807, 2.05) is 36.4 Å². The van der Waals surface area contributed by atoms with Crippen molar-refractivity contribution in [3.05, 3.63) is 47.5 Å². The number of ether oxygens (including phenoxy) is 1. The Morgan fingerprint density at radius 1 is 1.32 bits per heavy atom. The van der Waals surface area contributed by atoms with E-state index >= 15 is 0 Å². The number of carbonyl (C=O) groups excluding carboxylic acids is 1. The second-order valence-corrected chi connectivity index (χ2v) is 7.28. The minimum absolute atomic E-state index is 0.164. The highest BCUT2D eigenvalue weighted by Crippen LogP contribution is 2.35. The van der Waals surface area contributed by atoms with E-state index in [2.05, 4.69) is 10.6 Å². The smallest absolute Gasteiger partial charge is 0.241 e. The van der Waals surface area contributed by atoms with Crippen molar-refractivity contribution in [3.8, 4) is 5.75 Å². The molecular formula is C18H19ClN2O3S. The van der Waals surface area contributed by atoms with Gasteiger partial charge in [-0.1, -0.05) is 23.4 Å². The van der Waals surface area contributed by atoms with E-state index < -0.39 is 6.10 Å². The number of carbonyl (C=O) groups is 1. The highest BCUT2D eigenvalue weighted by Gasteiger charge is 2.28. The Balaban J connectivity index is 1.64. The molecule has 2 atom stereocenters. The molecule has 2 aromatic carbocycles. The van der Waals surface area contributed by atoms with Crippen LogP contribution in [0, 0.1) is 0 Å². The van der Waals surface area contributed by atoms with Gasteiger partial charge in [-0.3, -0.25) is 4.79 Å². The molecule has 0 bridgehead atoms. The number of β-amino-alcohol motifs (C(OH)–C–C–N with tert-alkyl or cyclic N) is 1. The van der Waals surface area contributed by atoms with E-state index in [4.69, 9.17) is 16.3 Å². The van der Waals surface area contributed by atoms with Crippen molar-refractivity contribution in [2.45, 2.75) is 28.4 Å². The normalized spacial score (nSPS) is 19.6.